The standard InChI is InChI=1S/C28H33F3N4O4/c1-15-11-23(26(36)37-2)33-27(32-15)35-17-9-10-18(35)13-19(12-17)38-14-21-24(34-39-25(21)16-7-8-16)20-5-3-4-6-22(20)28(29,30)31/h11-12,16-18,20,22H,3-10,13-14H2,1-2H3. The van der Waals surface area contributed by atoms with E-state index in [0.717, 1.165) is 37.9 Å². The Morgan fingerprint density at radius 1 is 1.13 bits per heavy atom. The number of halogens is 3. The molecule has 0 spiro atoms. The van der Waals surface area contributed by atoms with Crippen LogP contribution in [0.1, 0.15) is 103 Å². The summed E-state index contributed by atoms with van der Waals surface area (Å²) in [7, 11) is 1.32. The van der Waals surface area contributed by atoms with E-state index < -0.39 is 24.0 Å². The smallest absolute Gasteiger partial charge is 0.392 e. The van der Waals surface area contributed by atoms with Crippen LogP contribution in [0.2, 0.25) is 0 Å². The molecule has 2 bridgehead atoms. The Labute approximate surface area is 224 Å². The fourth-order valence-corrected chi connectivity index (χ4v) is 6.54. The van der Waals surface area contributed by atoms with Gasteiger partial charge in [0, 0.05) is 30.0 Å². The molecule has 210 valence electrons. The Kier molecular flexibility index (Phi) is 6.79. The number of carbonyl (C=O) groups is 1. The lowest BCUT2D eigenvalue weighted by molar-refractivity contribution is -0.187. The van der Waals surface area contributed by atoms with Crippen molar-refractivity contribution in [1.29, 1.82) is 0 Å². The van der Waals surface area contributed by atoms with Crippen molar-refractivity contribution in [2.45, 2.75) is 101 Å². The zero-order chi connectivity index (χ0) is 27.3. The molecule has 1 saturated heterocycles. The lowest BCUT2D eigenvalue weighted by Crippen LogP contribution is -2.40. The third-order valence-electron chi connectivity index (χ3n) is 8.57. The Morgan fingerprint density at radius 2 is 1.92 bits per heavy atom. The number of rotatable bonds is 7. The average molecular weight is 547 g/mol. The number of carbonyl (C=O) groups excluding carboxylic acids is 1. The summed E-state index contributed by atoms with van der Waals surface area (Å²) in [5, 5.41) is 4.22. The van der Waals surface area contributed by atoms with Crippen molar-refractivity contribution in [2.75, 3.05) is 12.0 Å². The van der Waals surface area contributed by atoms with Gasteiger partial charge in [-0.05, 0) is 57.6 Å². The van der Waals surface area contributed by atoms with Crippen LogP contribution >= 0.6 is 0 Å². The highest BCUT2D eigenvalue weighted by Gasteiger charge is 2.48. The molecular weight excluding hydrogens is 513 g/mol. The average Bonchev–Trinajstić information content (AvgIpc) is 3.61. The minimum absolute atomic E-state index is 0.00356. The normalized spacial score (nSPS) is 26.9. The third kappa shape index (κ3) is 5.12. The van der Waals surface area contributed by atoms with Gasteiger partial charge in [-0.15, -0.1) is 0 Å². The van der Waals surface area contributed by atoms with Crippen molar-refractivity contribution in [3.8, 4) is 0 Å². The van der Waals surface area contributed by atoms with Crippen LogP contribution in [-0.2, 0) is 16.1 Å². The highest BCUT2D eigenvalue weighted by molar-refractivity contribution is 5.87. The minimum Gasteiger partial charge on any atom is -0.493 e. The number of hydrogen-bond donors (Lipinski definition) is 0. The molecule has 4 heterocycles. The van der Waals surface area contributed by atoms with E-state index in [-0.39, 0.29) is 36.7 Å². The van der Waals surface area contributed by atoms with Gasteiger partial charge in [0.25, 0.3) is 0 Å². The summed E-state index contributed by atoms with van der Waals surface area (Å²) in [5.74, 6) is -0.385. The first-order valence-electron chi connectivity index (χ1n) is 13.8. The molecule has 8 nitrogen and oxygen atoms in total. The van der Waals surface area contributed by atoms with Crippen LogP contribution in [0, 0.1) is 12.8 Å². The van der Waals surface area contributed by atoms with E-state index in [0.29, 0.717) is 47.9 Å². The van der Waals surface area contributed by atoms with E-state index in [1.165, 1.54) is 7.11 Å². The molecule has 4 unspecified atom stereocenters. The number of hydrogen-bond acceptors (Lipinski definition) is 8. The number of anilines is 1. The minimum atomic E-state index is -4.26. The van der Waals surface area contributed by atoms with E-state index in [1.54, 1.807) is 6.07 Å². The number of nitrogens with zero attached hydrogens (tertiary/aromatic N) is 4. The van der Waals surface area contributed by atoms with Gasteiger partial charge in [0.2, 0.25) is 5.95 Å². The molecule has 4 aliphatic rings. The summed E-state index contributed by atoms with van der Waals surface area (Å²) in [6, 6.07) is 1.71. The van der Waals surface area contributed by atoms with Crippen molar-refractivity contribution in [3.05, 3.63) is 46.3 Å². The molecule has 2 aromatic heterocycles. The topological polar surface area (TPSA) is 90.6 Å². The molecule has 2 aromatic rings. The van der Waals surface area contributed by atoms with Gasteiger partial charge in [-0.3, -0.25) is 0 Å². The fourth-order valence-electron chi connectivity index (χ4n) is 6.54. The van der Waals surface area contributed by atoms with Gasteiger partial charge in [0.05, 0.1) is 36.1 Å². The van der Waals surface area contributed by atoms with Crippen LogP contribution in [-0.4, -0.2) is 46.5 Å². The highest BCUT2D eigenvalue weighted by atomic mass is 19.4. The van der Waals surface area contributed by atoms with Crippen LogP contribution in [0.3, 0.4) is 0 Å². The van der Waals surface area contributed by atoms with Gasteiger partial charge in [0.15, 0.2) is 5.69 Å². The van der Waals surface area contributed by atoms with Crippen molar-refractivity contribution in [1.82, 2.24) is 15.1 Å². The first-order chi connectivity index (χ1) is 18.7. The molecule has 11 heteroatoms. The van der Waals surface area contributed by atoms with Crippen molar-refractivity contribution < 1.29 is 32.0 Å². The van der Waals surface area contributed by atoms with Crippen LogP contribution in [0.5, 0.6) is 0 Å². The Balaban J connectivity index is 1.22. The molecule has 4 atom stereocenters. The first kappa shape index (κ1) is 26.1. The van der Waals surface area contributed by atoms with Crippen molar-refractivity contribution in [3.63, 3.8) is 0 Å². The van der Waals surface area contributed by atoms with E-state index in [9.17, 15) is 18.0 Å². The maximum absolute atomic E-state index is 13.9. The predicted molar refractivity (Wildman–Crippen MR) is 134 cm³/mol. The predicted octanol–water partition coefficient (Wildman–Crippen LogP) is 6.11. The summed E-state index contributed by atoms with van der Waals surface area (Å²) >= 11 is 0. The van der Waals surface area contributed by atoms with Gasteiger partial charge in [-0.25, -0.2) is 14.8 Å². The summed E-state index contributed by atoms with van der Waals surface area (Å²) in [5.41, 5.74) is 2.04. The van der Waals surface area contributed by atoms with E-state index in [4.69, 9.17) is 14.0 Å². The zero-order valence-corrected chi connectivity index (χ0v) is 22.2. The summed E-state index contributed by atoms with van der Waals surface area (Å²) in [6.07, 6.45) is 4.06. The van der Waals surface area contributed by atoms with Crippen LogP contribution in [0.15, 0.2) is 22.4 Å². The van der Waals surface area contributed by atoms with Crippen LogP contribution in [0.25, 0.3) is 0 Å². The summed E-state index contributed by atoms with van der Waals surface area (Å²) in [4.78, 5) is 23.3. The van der Waals surface area contributed by atoms with Gasteiger partial charge in [0.1, 0.15) is 12.4 Å². The Hall–Kier alpha value is -3.11. The van der Waals surface area contributed by atoms with Crippen LogP contribution in [0.4, 0.5) is 19.1 Å². The second kappa shape index (κ2) is 10.1. The molecule has 0 aromatic carbocycles. The maximum atomic E-state index is 13.9. The number of methoxy groups -OCH3 is 1. The monoisotopic (exact) mass is 546 g/mol. The lowest BCUT2D eigenvalue weighted by Gasteiger charge is -2.34. The quantitative estimate of drug-likeness (QED) is 0.384. The molecule has 0 radical (unpaired) electrons. The van der Waals surface area contributed by atoms with E-state index in [1.807, 2.05) is 6.92 Å². The molecular formula is C28H33F3N4O4. The van der Waals surface area contributed by atoms with Gasteiger partial charge in [-0.2, -0.15) is 13.2 Å². The van der Waals surface area contributed by atoms with E-state index in [2.05, 4.69) is 26.1 Å². The van der Waals surface area contributed by atoms with Gasteiger partial charge < -0.3 is 18.9 Å². The molecule has 3 fully saturated rings. The summed E-state index contributed by atoms with van der Waals surface area (Å²) in [6.45, 7) is 1.97. The Bertz CT molecular complexity index is 1270. The fraction of sp³-hybridized carbons (Fsp3) is 0.643. The molecule has 0 N–H and O–H groups in total. The number of esters is 1. The Morgan fingerprint density at radius 3 is 2.64 bits per heavy atom. The number of aromatic nitrogens is 3. The first-order valence-corrected chi connectivity index (χ1v) is 13.8. The van der Waals surface area contributed by atoms with Crippen molar-refractivity contribution >= 4 is 11.9 Å². The number of fused-ring (bicyclic) bond motifs is 2. The molecule has 0 amide bonds. The molecule has 6 rings (SSSR count). The third-order valence-corrected chi connectivity index (χ3v) is 8.57. The second-order valence-corrected chi connectivity index (χ2v) is 11.2. The van der Waals surface area contributed by atoms with Crippen molar-refractivity contribution in [2.24, 2.45) is 5.92 Å². The van der Waals surface area contributed by atoms with Crippen LogP contribution < -0.4 is 4.90 Å². The highest BCUT2D eigenvalue weighted by Crippen LogP contribution is 2.50. The summed E-state index contributed by atoms with van der Waals surface area (Å²) < 4.78 is 58.5. The largest absolute Gasteiger partial charge is 0.493 e. The molecule has 2 saturated carbocycles. The van der Waals surface area contributed by atoms with Gasteiger partial charge >= 0.3 is 12.1 Å². The van der Waals surface area contributed by atoms with E-state index >= 15 is 0 Å². The second-order valence-electron chi connectivity index (χ2n) is 11.2. The zero-order valence-electron chi connectivity index (χ0n) is 22.2. The van der Waals surface area contributed by atoms with Gasteiger partial charge in [-0.1, -0.05) is 18.0 Å². The lowest BCUT2D eigenvalue weighted by atomic mass is 9.76. The molecule has 2 aliphatic carbocycles. The number of ether oxygens (including phenoxy) is 2. The molecule has 2 aliphatic heterocycles. The maximum Gasteiger partial charge on any atom is 0.392 e. The number of aryl methyl sites for hydroxylation is 1. The SMILES string of the molecule is COC(=O)c1cc(C)nc(N2C3C=C(OCc4c(C5CCCCC5C(F)(F)F)noc4C4CC4)CC2CC3)n1. The number of alkyl halides is 3. The molecule has 39 heavy (non-hydrogen) atoms.